The van der Waals surface area contributed by atoms with E-state index in [1.807, 2.05) is 54.6 Å². The highest BCUT2D eigenvalue weighted by Gasteiger charge is 2.36. The van der Waals surface area contributed by atoms with E-state index in [9.17, 15) is 14.4 Å². The van der Waals surface area contributed by atoms with Crippen LogP contribution in [0.1, 0.15) is 31.0 Å². The maximum absolute atomic E-state index is 14.0. The number of allylic oxidation sites excluding steroid dienone is 1. The number of ether oxygens (including phenoxy) is 1. The summed E-state index contributed by atoms with van der Waals surface area (Å²) < 4.78 is 7.13. The fourth-order valence-electron chi connectivity index (χ4n) is 4.60. The summed E-state index contributed by atoms with van der Waals surface area (Å²) in [5.41, 5.74) is 2.97. The van der Waals surface area contributed by atoms with Crippen molar-refractivity contribution < 1.29 is 14.3 Å². The van der Waals surface area contributed by atoms with Crippen LogP contribution in [0.4, 0.5) is 5.69 Å². The Morgan fingerprint density at radius 1 is 1.14 bits per heavy atom. The monoisotopic (exact) mass is 485 g/mol. The van der Waals surface area contributed by atoms with E-state index in [1.54, 1.807) is 24.8 Å². The number of fused-ring (bicyclic) bond motifs is 2. The van der Waals surface area contributed by atoms with E-state index in [-0.39, 0.29) is 18.1 Å². The van der Waals surface area contributed by atoms with Crippen LogP contribution in [-0.2, 0) is 14.3 Å². The van der Waals surface area contributed by atoms with Gasteiger partial charge in [-0.25, -0.2) is 9.79 Å². The van der Waals surface area contributed by atoms with Crippen molar-refractivity contribution >= 4 is 34.5 Å². The molecule has 8 heteroatoms. The molecule has 0 bridgehead atoms. The summed E-state index contributed by atoms with van der Waals surface area (Å²) in [6.45, 7) is 7.77. The van der Waals surface area contributed by atoms with E-state index in [4.69, 9.17) is 4.74 Å². The fourth-order valence-corrected chi connectivity index (χ4v) is 5.74. The number of esters is 1. The van der Waals surface area contributed by atoms with E-state index in [1.165, 1.54) is 4.57 Å². The molecule has 1 amide bonds. The first-order chi connectivity index (χ1) is 17.0. The zero-order valence-electron chi connectivity index (χ0n) is 19.4. The first-order valence-electron chi connectivity index (χ1n) is 11.3. The van der Waals surface area contributed by atoms with Gasteiger partial charge in [-0.15, -0.1) is 6.58 Å². The van der Waals surface area contributed by atoms with Crippen molar-refractivity contribution in [3.05, 3.63) is 109 Å². The van der Waals surface area contributed by atoms with Gasteiger partial charge in [0, 0.05) is 12.1 Å². The maximum atomic E-state index is 14.0. The molecular weight excluding hydrogens is 462 g/mol. The summed E-state index contributed by atoms with van der Waals surface area (Å²) >= 11 is 1.16. The molecule has 176 valence electrons. The zero-order valence-corrected chi connectivity index (χ0v) is 20.2. The number of aromatic nitrogens is 1. The molecule has 3 heterocycles. The Labute approximate surface area is 205 Å². The molecule has 2 aliphatic heterocycles. The van der Waals surface area contributed by atoms with Crippen LogP contribution in [0.3, 0.4) is 0 Å². The summed E-state index contributed by atoms with van der Waals surface area (Å²) in [5.74, 6) is -0.769. The quantitative estimate of drug-likeness (QED) is 0.411. The van der Waals surface area contributed by atoms with Crippen LogP contribution < -0.4 is 19.8 Å². The molecule has 0 unspecified atom stereocenters. The van der Waals surface area contributed by atoms with E-state index in [2.05, 4.69) is 11.6 Å². The van der Waals surface area contributed by atoms with E-state index < -0.39 is 12.0 Å². The molecule has 35 heavy (non-hydrogen) atoms. The van der Waals surface area contributed by atoms with Gasteiger partial charge in [0.2, 0.25) is 0 Å². The van der Waals surface area contributed by atoms with Gasteiger partial charge in [0.15, 0.2) is 4.80 Å². The lowest BCUT2D eigenvalue weighted by Gasteiger charge is -2.24. The van der Waals surface area contributed by atoms with Gasteiger partial charge in [-0.2, -0.15) is 0 Å². The molecule has 1 aromatic heterocycles. The van der Waals surface area contributed by atoms with Gasteiger partial charge in [-0.1, -0.05) is 65.9 Å². The summed E-state index contributed by atoms with van der Waals surface area (Å²) in [6.07, 6.45) is 1.66. The van der Waals surface area contributed by atoms with Crippen molar-refractivity contribution in [1.82, 2.24) is 4.57 Å². The lowest BCUT2D eigenvalue weighted by Crippen LogP contribution is -2.41. The van der Waals surface area contributed by atoms with Gasteiger partial charge in [0.25, 0.3) is 11.5 Å². The van der Waals surface area contributed by atoms with Gasteiger partial charge < -0.3 is 9.64 Å². The largest absolute Gasteiger partial charge is 0.463 e. The molecule has 0 saturated heterocycles. The first kappa shape index (κ1) is 22.7. The SMILES string of the molecule is C=CCN1C(=O)C(=c2sc3n(c2=O)[C@@H](c2ccccc2)C(C(=O)OCC)=C(C)N=3)c2ccccc21. The Kier molecular flexibility index (Phi) is 5.82. The Balaban J connectivity index is 1.82. The van der Waals surface area contributed by atoms with Crippen LogP contribution >= 0.6 is 11.3 Å². The van der Waals surface area contributed by atoms with Crippen molar-refractivity contribution in [2.24, 2.45) is 4.99 Å². The number of rotatable bonds is 5. The number of carbonyl (C=O) groups is 2. The molecule has 0 radical (unpaired) electrons. The second-order valence-electron chi connectivity index (χ2n) is 8.13. The second kappa shape index (κ2) is 8.96. The molecule has 1 atom stereocenters. The predicted molar refractivity (Wildman–Crippen MR) is 135 cm³/mol. The molecule has 0 N–H and O–H groups in total. The third-order valence-corrected chi connectivity index (χ3v) is 7.12. The molecule has 0 aliphatic carbocycles. The molecule has 0 fully saturated rings. The van der Waals surface area contributed by atoms with Crippen LogP contribution in [0, 0.1) is 0 Å². The minimum atomic E-state index is -0.711. The Morgan fingerprint density at radius 3 is 2.57 bits per heavy atom. The van der Waals surface area contributed by atoms with Crippen LogP contribution in [0.5, 0.6) is 0 Å². The predicted octanol–water partition coefficient (Wildman–Crippen LogP) is 2.70. The normalized spacial score (nSPS) is 18.2. The van der Waals surface area contributed by atoms with Gasteiger partial charge in [-0.05, 0) is 25.5 Å². The van der Waals surface area contributed by atoms with E-state index in [0.29, 0.717) is 38.3 Å². The van der Waals surface area contributed by atoms with Gasteiger partial charge in [0.1, 0.15) is 4.53 Å². The Bertz CT molecular complexity index is 1580. The molecule has 7 nitrogen and oxygen atoms in total. The summed E-state index contributed by atoms with van der Waals surface area (Å²) in [5, 5.41) is 0. The summed E-state index contributed by atoms with van der Waals surface area (Å²) in [7, 11) is 0. The first-order valence-corrected chi connectivity index (χ1v) is 12.1. The van der Waals surface area contributed by atoms with E-state index in [0.717, 1.165) is 22.6 Å². The third-order valence-electron chi connectivity index (χ3n) is 6.07. The highest BCUT2D eigenvalue weighted by atomic mass is 32.1. The Hall–Kier alpha value is -4.04. The van der Waals surface area contributed by atoms with Gasteiger partial charge >= 0.3 is 5.97 Å². The number of amides is 1. The summed E-state index contributed by atoms with van der Waals surface area (Å²) in [4.78, 5) is 47.1. The molecular formula is C27H23N3O4S. The van der Waals surface area contributed by atoms with Crippen molar-refractivity contribution in [2.45, 2.75) is 19.9 Å². The maximum Gasteiger partial charge on any atom is 0.338 e. The van der Waals surface area contributed by atoms with Crippen LogP contribution in [0.2, 0.25) is 0 Å². The van der Waals surface area contributed by atoms with Crippen LogP contribution in [0.15, 0.2) is 88.3 Å². The van der Waals surface area contributed by atoms with Crippen molar-refractivity contribution in [3.63, 3.8) is 0 Å². The summed E-state index contributed by atoms with van der Waals surface area (Å²) in [6, 6.07) is 16.0. The molecule has 5 rings (SSSR count). The number of thiazole rings is 1. The molecule has 2 aromatic carbocycles. The number of para-hydroxylation sites is 1. The highest BCUT2D eigenvalue weighted by molar-refractivity contribution is 7.07. The smallest absolute Gasteiger partial charge is 0.338 e. The number of benzene rings is 2. The van der Waals surface area contributed by atoms with E-state index >= 15 is 0 Å². The number of anilines is 1. The highest BCUT2D eigenvalue weighted by Crippen LogP contribution is 2.35. The topological polar surface area (TPSA) is 81.0 Å². The molecule has 0 spiro atoms. The number of hydrogen-bond donors (Lipinski definition) is 0. The lowest BCUT2D eigenvalue weighted by atomic mass is 9.96. The minimum absolute atomic E-state index is 0.204. The van der Waals surface area contributed by atoms with Crippen LogP contribution in [0.25, 0.3) is 5.57 Å². The second-order valence-corrected chi connectivity index (χ2v) is 9.11. The standard InChI is InChI=1S/C27H23N3O4S/c1-4-15-29-19-14-10-9-13-18(19)21(24(29)31)23-25(32)30-22(17-11-7-6-8-12-17)20(26(33)34-5-2)16(3)28-27(30)35-23/h4,6-14,22H,1,5,15H2,2-3H3/t22-/m0/s1. The number of nitrogens with zero attached hydrogens (tertiary/aromatic N) is 3. The molecule has 3 aromatic rings. The van der Waals surface area contributed by atoms with Crippen molar-refractivity contribution in [1.29, 1.82) is 0 Å². The van der Waals surface area contributed by atoms with Crippen LogP contribution in [-0.4, -0.2) is 29.6 Å². The lowest BCUT2D eigenvalue weighted by molar-refractivity contribution is -0.139. The van der Waals surface area contributed by atoms with Crippen molar-refractivity contribution in [3.8, 4) is 0 Å². The number of hydrogen-bond acceptors (Lipinski definition) is 6. The fraction of sp³-hybridized carbons (Fsp3) is 0.185. The zero-order chi connectivity index (χ0) is 24.7. The third kappa shape index (κ3) is 3.57. The number of carbonyl (C=O) groups excluding carboxylic acids is 2. The molecule has 2 aliphatic rings. The van der Waals surface area contributed by atoms with Gasteiger partial charge in [0.05, 0.1) is 35.2 Å². The average Bonchev–Trinajstić information content (AvgIpc) is 3.32. The minimum Gasteiger partial charge on any atom is -0.463 e. The molecule has 0 saturated carbocycles. The van der Waals surface area contributed by atoms with Gasteiger partial charge in [-0.3, -0.25) is 14.2 Å². The average molecular weight is 486 g/mol. The van der Waals surface area contributed by atoms with Crippen molar-refractivity contribution in [2.75, 3.05) is 18.1 Å². The Morgan fingerprint density at radius 2 is 1.86 bits per heavy atom.